The van der Waals surface area contributed by atoms with Gasteiger partial charge in [0.05, 0.1) is 11.2 Å². The summed E-state index contributed by atoms with van der Waals surface area (Å²) in [5.41, 5.74) is -0.305. The quantitative estimate of drug-likeness (QED) is 0.890. The van der Waals surface area contributed by atoms with E-state index in [1.807, 2.05) is 0 Å². The van der Waals surface area contributed by atoms with Crippen LogP contribution in [0.25, 0.3) is 0 Å². The summed E-state index contributed by atoms with van der Waals surface area (Å²) in [6.07, 6.45) is 5.21. The summed E-state index contributed by atoms with van der Waals surface area (Å²) in [7, 11) is 0. The van der Waals surface area contributed by atoms with Crippen molar-refractivity contribution in [3.05, 3.63) is 28.5 Å². The third-order valence-corrected chi connectivity index (χ3v) is 3.46. The predicted molar refractivity (Wildman–Crippen MR) is 67.6 cm³/mol. The molecular weight excluding hydrogens is 284 g/mol. The first-order valence-electron chi connectivity index (χ1n) is 5.60. The third-order valence-electron chi connectivity index (χ3n) is 3.03. The van der Waals surface area contributed by atoms with Gasteiger partial charge in [-0.05, 0) is 47.7 Å². The van der Waals surface area contributed by atoms with Gasteiger partial charge in [0.1, 0.15) is 0 Å². The van der Waals surface area contributed by atoms with E-state index in [1.165, 1.54) is 6.20 Å². The van der Waals surface area contributed by atoms with E-state index in [0.29, 0.717) is 11.5 Å². The fraction of sp³-hybridized carbons (Fsp3) is 0.500. The highest BCUT2D eigenvalue weighted by molar-refractivity contribution is 9.10. The van der Waals surface area contributed by atoms with Gasteiger partial charge in [0.2, 0.25) is 0 Å². The summed E-state index contributed by atoms with van der Waals surface area (Å²) in [6.45, 7) is 2.05. The zero-order chi connectivity index (χ0) is 12.5. The van der Waals surface area contributed by atoms with Gasteiger partial charge in [-0.1, -0.05) is 0 Å². The highest BCUT2D eigenvalue weighted by atomic mass is 79.9. The molecule has 0 spiro atoms. The van der Waals surface area contributed by atoms with Crippen LogP contribution in [-0.2, 0) is 0 Å². The number of rotatable bonds is 4. The minimum Gasteiger partial charge on any atom is -0.388 e. The number of amides is 1. The molecule has 1 saturated carbocycles. The zero-order valence-electron chi connectivity index (χ0n) is 9.61. The van der Waals surface area contributed by atoms with Crippen molar-refractivity contribution < 1.29 is 9.90 Å². The smallest absolute Gasteiger partial charge is 0.252 e. The molecule has 0 aromatic carbocycles. The van der Waals surface area contributed by atoms with E-state index in [-0.39, 0.29) is 12.5 Å². The molecule has 4 nitrogen and oxygen atoms in total. The van der Waals surface area contributed by atoms with Crippen LogP contribution >= 0.6 is 15.9 Å². The van der Waals surface area contributed by atoms with Crippen LogP contribution in [0.15, 0.2) is 22.9 Å². The maximum absolute atomic E-state index is 11.8. The molecule has 0 saturated heterocycles. The number of nitrogens with zero attached hydrogens (tertiary/aromatic N) is 1. The van der Waals surface area contributed by atoms with E-state index < -0.39 is 5.60 Å². The Kier molecular flexibility index (Phi) is 3.49. The second kappa shape index (κ2) is 4.74. The lowest BCUT2D eigenvalue weighted by molar-refractivity contribution is 0.0354. The molecule has 1 aromatic heterocycles. The van der Waals surface area contributed by atoms with Crippen LogP contribution < -0.4 is 5.32 Å². The molecule has 0 unspecified atom stereocenters. The molecule has 1 heterocycles. The summed E-state index contributed by atoms with van der Waals surface area (Å²) in [4.78, 5) is 15.7. The summed E-state index contributed by atoms with van der Waals surface area (Å²) >= 11 is 3.26. The number of aliphatic hydroxyl groups is 1. The molecule has 1 amide bonds. The number of hydrogen-bond donors (Lipinski definition) is 2. The maximum Gasteiger partial charge on any atom is 0.252 e. The summed E-state index contributed by atoms with van der Waals surface area (Å²) in [5, 5.41) is 12.8. The number of aromatic nitrogens is 1. The summed E-state index contributed by atoms with van der Waals surface area (Å²) in [5.74, 6) is 0.114. The molecule has 1 aromatic rings. The number of carbonyl (C=O) groups is 1. The summed E-state index contributed by atoms with van der Waals surface area (Å²) < 4.78 is 0.763. The van der Waals surface area contributed by atoms with Gasteiger partial charge >= 0.3 is 0 Å². The molecule has 1 fully saturated rings. The van der Waals surface area contributed by atoms with Crippen molar-refractivity contribution in [3.63, 3.8) is 0 Å². The van der Waals surface area contributed by atoms with Crippen LogP contribution in [-0.4, -0.2) is 28.1 Å². The SMILES string of the molecule is C[C@](O)(CNC(=O)c1cncc(Br)c1)C1CC1. The van der Waals surface area contributed by atoms with E-state index in [1.54, 1.807) is 19.2 Å². The second-order valence-corrected chi connectivity index (χ2v) is 5.62. The minimum absolute atomic E-state index is 0.209. The van der Waals surface area contributed by atoms with Crippen LogP contribution in [0.5, 0.6) is 0 Å². The molecule has 5 heteroatoms. The Balaban J connectivity index is 1.93. The average molecular weight is 299 g/mol. The Hall–Kier alpha value is -0.940. The van der Waals surface area contributed by atoms with Gasteiger partial charge in [-0.15, -0.1) is 0 Å². The second-order valence-electron chi connectivity index (χ2n) is 4.71. The number of carbonyl (C=O) groups excluding carboxylic acids is 1. The number of hydrogen-bond acceptors (Lipinski definition) is 3. The first-order chi connectivity index (χ1) is 7.99. The van der Waals surface area contributed by atoms with Crippen molar-refractivity contribution in [1.29, 1.82) is 0 Å². The van der Waals surface area contributed by atoms with E-state index in [2.05, 4.69) is 26.2 Å². The van der Waals surface area contributed by atoms with Gasteiger partial charge in [0.15, 0.2) is 0 Å². The largest absolute Gasteiger partial charge is 0.388 e. The van der Waals surface area contributed by atoms with Crippen LogP contribution in [0, 0.1) is 5.92 Å². The van der Waals surface area contributed by atoms with Crippen molar-refractivity contribution in [2.24, 2.45) is 5.92 Å². The average Bonchev–Trinajstić information content (AvgIpc) is 3.10. The van der Waals surface area contributed by atoms with Gasteiger partial charge in [0.25, 0.3) is 5.91 Å². The Labute approximate surface area is 109 Å². The van der Waals surface area contributed by atoms with Crippen LogP contribution in [0.3, 0.4) is 0 Å². The Morgan fingerprint density at radius 1 is 1.65 bits per heavy atom. The first-order valence-corrected chi connectivity index (χ1v) is 6.39. The van der Waals surface area contributed by atoms with Crippen LogP contribution in [0.2, 0.25) is 0 Å². The lowest BCUT2D eigenvalue weighted by Gasteiger charge is -2.23. The highest BCUT2D eigenvalue weighted by Crippen LogP contribution is 2.39. The lowest BCUT2D eigenvalue weighted by Crippen LogP contribution is -2.42. The molecule has 2 rings (SSSR count). The fourth-order valence-electron chi connectivity index (χ4n) is 1.75. The number of halogens is 1. The molecule has 1 aliphatic rings. The number of pyridine rings is 1. The lowest BCUT2D eigenvalue weighted by atomic mass is 10.0. The van der Waals surface area contributed by atoms with Gasteiger partial charge in [-0.3, -0.25) is 9.78 Å². The Morgan fingerprint density at radius 2 is 2.35 bits per heavy atom. The Bertz CT molecular complexity index is 430. The minimum atomic E-state index is -0.797. The van der Waals surface area contributed by atoms with E-state index in [0.717, 1.165) is 17.3 Å². The zero-order valence-corrected chi connectivity index (χ0v) is 11.2. The maximum atomic E-state index is 11.8. The van der Waals surface area contributed by atoms with E-state index >= 15 is 0 Å². The van der Waals surface area contributed by atoms with Crippen molar-refractivity contribution in [3.8, 4) is 0 Å². The predicted octanol–water partition coefficient (Wildman–Crippen LogP) is 1.73. The standard InChI is InChI=1S/C12H15BrN2O2/c1-12(17,9-2-3-9)7-15-11(16)8-4-10(13)6-14-5-8/h4-6,9,17H,2-3,7H2,1H3,(H,15,16)/t12-/m0/s1. The molecule has 2 N–H and O–H groups in total. The molecular formula is C12H15BrN2O2. The number of nitrogens with one attached hydrogen (secondary N) is 1. The molecule has 17 heavy (non-hydrogen) atoms. The van der Waals surface area contributed by atoms with Gasteiger partial charge in [-0.25, -0.2) is 0 Å². The summed E-state index contributed by atoms with van der Waals surface area (Å²) in [6, 6.07) is 1.70. The highest BCUT2D eigenvalue weighted by Gasteiger charge is 2.39. The molecule has 0 radical (unpaired) electrons. The molecule has 0 aliphatic heterocycles. The topological polar surface area (TPSA) is 62.2 Å². The monoisotopic (exact) mass is 298 g/mol. The van der Waals surface area contributed by atoms with Crippen molar-refractivity contribution in [2.75, 3.05) is 6.54 Å². The van der Waals surface area contributed by atoms with Crippen LogP contribution in [0.1, 0.15) is 30.1 Å². The normalized spacial score (nSPS) is 18.5. The molecule has 0 bridgehead atoms. The fourth-order valence-corrected chi connectivity index (χ4v) is 2.11. The van der Waals surface area contributed by atoms with Gasteiger partial charge in [0, 0.05) is 23.4 Å². The third kappa shape index (κ3) is 3.26. The molecule has 92 valence electrons. The van der Waals surface area contributed by atoms with Crippen molar-refractivity contribution in [2.45, 2.75) is 25.4 Å². The van der Waals surface area contributed by atoms with E-state index in [4.69, 9.17) is 0 Å². The van der Waals surface area contributed by atoms with Gasteiger partial charge < -0.3 is 10.4 Å². The Morgan fingerprint density at radius 3 is 2.94 bits per heavy atom. The van der Waals surface area contributed by atoms with Crippen molar-refractivity contribution >= 4 is 21.8 Å². The van der Waals surface area contributed by atoms with Gasteiger partial charge in [-0.2, -0.15) is 0 Å². The van der Waals surface area contributed by atoms with Crippen molar-refractivity contribution in [1.82, 2.24) is 10.3 Å². The first kappa shape index (κ1) is 12.5. The van der Waals surface area contributed by atoms with E-state index in [9.17, 15) is 9.90 Å². The molecule has 1 aliphatic carbocycles. The molecule has 1 atom stereocenters. The van der Waals surface area contributed by atoms with Crippen LogP contribution in [0.4, 0.5) is 0 Å².